The number of nitrogens with zero attached hydrogens (tertiary/aromatic N) is 2. The van der Waals surface area contributed by atoms with Gasteiger partial charge < -0.3 is 10.2 Å². The third-order valence-corrected chi connectivity index (χ3v) is 4.62. The number of amides is 2. The van der Waals surface area contributed by atoms with Crippen LogP contribution in [0.1, 0.15) is 18.4 Å². The number of likely N-dealkylation sites (tertiary alicyclic amines) is 1. The second-order valence-electron chi connectivity index (χ2n) is 5.49. The molecule has 0 bridgehead atoms. The molecule has 6 heteroatoms. The van der Waals surface area contributed by atoms with Gasteiger partial charge in [-0.05, 0) is 31.4 Å². The van der Waals surface area contributed by atoms with E-state index in [-0.39, 0.29) is 6.03 Å². The summed E-state index contributed by atoms with van der Waals surface area (Å²) in [6.07, 6.45) is 3.61. The van der Waals surface area contributed by atoms with E-state index in [0.717, 1.165) is 25.9 Å². The fourth-order valence-electron chi connectivity index (χ4n) is 2.64. The van der Waals surface area contributed by atoms with Crippen LogP contribution in [0.3, 0.4) is 0 Å². The summed E-state index contributed by atoms with van der Waals surface area (Å²) in [6.45, 7) is 3.64. The Labute approximate surface area is 134 Å². The number of aryl methyl sites for hydroxylation is 1. The maximum absolute atomic E-state index is 12.1. The second-order valence-corrected chi connectivity index (χ2v) is 6.38. The molecule has 0 unspecified atom stereocenters. The van der Waals surface area contributed by atoms with E-state index in [1.165, 1.54) is 22.6 Å². The first-order valence-electron chi connectivity index (χ1n) is 7.50. The molecule has 2 amide bonds. The fraction of sp³-hybridized carbons (Fsp3) is 0.375. The van der Waals surface area contributed by atoms with Gasteiger partial charge in [0.25, 0.3) is 0 Å². The van der Waals surface area contributed by atoms with Gasteiger partial charge >= 0.3 is 6.03 Å². The topological polar surface area (TPSA) is 57.3 Å². The van der Waals surface area contributed by atoms with Crippen LogP contribution in [-0.4, -0.2) is 35.0 Å². The van der Waals surface area contributed by atoms with Crippen LogP contribution in [0.15, 0.2) is 35.8 Å². The van der Waals surface area contributed by atoms with Gasteiger partial charge in [0, 0.05) is 36.4 Å². The van der Waals surface area contributed by atoms with Crippen molar-refractivity contribution in [3.63, 3.8) is 0 Å². The smallest absolute Gasteiger partial charge is 0.323 e. The Balaban J connectivity index is 1.50. The third kappa shape index (κ3) is 3.57. The van der Waals surface area contributed by atoms with Crippen molar-refractivity contribution in [2.45, 2.75) is 25.8 Å². The number of rotatable bonds is 3. The average molecular weight is 316 g/mol. The van der Waals surface area contributed by atoms with E-state index >= 15 is 0 Å². The summed E-state index contributed by atoms with van der Waals surface area (Å²) in [6, 6.07) is 8.68. The Bertz CT molecular complexity index is 621. The van der Waals surface area contributed by atoms with Crippen molar-refractivity contribution in [1.29, 1.82) is 0 Å². The molecule has 5 nitrogen and oxygen atoms in total. The lowest BCUT2D eigenvalue weighted by atomic mass is 10.0. The zero-order chi connectivity index (χ0) is 15.4. The van der Waals surface area contributed by atoms with Crippen molar-refractivity contribution < 1.29 is 4.79 Å². The first kappa shape index (κ1) is 14.8. The molecule has 22 heavy (non-hydrogen) atoms. The normalized spacial score (nSPS) is 15.6. The van der Waals surface area contributed by atoms with Gasteiger partial charge in [-0.25, -0.2) is 9.78 Å². The number of piperidine rings is 1. The zero-order valence-corrected chi connectivity index (χ0v) is 13.4. The molecule has 0 atom stereocenters. The summed E-state index contributed by atoms with van der Waals surface area (Å²) >= 11 is 1.44. The molecular formula is C16H20N4OS. The molecule has 1 aromatic heterocycles. The van der Waals surface area contributed by atoms with Crippen LogP contribution in [0, 0.1) is 6.92 Å². The largest absolute Gasteiger partial charge is 0.382 e. The average Bonchev–Trinajstić information content (AvgIpc) is 3.03. The van der Waals surface area contributed by atoms with Crippen molar-refractivity contribution in [3.8, 4) is 0 Å². The number of benzene rings is 1. The third-order valence-electron chi connectivity index (χ3n) is 3.93. The number of carbonyl (C=O) groups is 1. The van der Waals surface area contributed by atoms with E-state index in [1.54, 1.807) is 6.20 Å². The molecule has 1 saturated heterocycles. The molecule has 0 aliphatic carbocycles. The number of nitrogens with one attached hydrogen (secondary N) is 2. The van der Waals surface area contributed by atoms with Crippen molar-refractivity contribution in [2.24, 2.45) is 0 Å². The van der Waals surface area contributed by atoms with E-state index in [9.17, 15) is 4.79 Å². The molecule has 116 valence electrons. The number of carbonyl (C=O) groups excluding carboxylic acids is 1. The Morgan fingerprint density at radius 3 is 2.77 bits per heavy atom. The molecular weight excluding hydrogens is 296 g/mol. The summed E-state index contributed by atoms with van der Waals surface area (Å²) in [5.41, 5.74) is 2.44. The van der Waals surface area contributed by atoms with Crippen molar-refractivity contribution in [3.05, 3.63) is 41.4 Å². The fourth-order valence-corrected chi connectivity index (χ4v) is 3.16. The van der Waals surface area contributed by atoms with Gasteiger partial charge in [0.2, 0.25) is 0 Å². The van der Waals surface area contributed by atoms with Gasteiger partial charge in [0.05, 0.1) is 0 Å². The number of hydrogen-bond acceptors (Lipinski definition) is 4. The minimum Gasteiger partial charge on any atom is -0.382 e. The molecule has 1 fully saturated rings. The van der Waals surface area contributed by atoms with Crippen molar-refractivity contribution in [2.75, 3.05) is 23.7 Å². The zero-order valence-electron chi connectivity index (χ0n) is 12.6. The van der Waals surface area contributed by atoms with E-state index in [4.69, 9.17) is 0 Å². The number of aromatic nitrogens is 1. The van der Waals surface area contributed by atoms with Gasteiger partial charge in [0.1, 0.15) is 0 Å². The Morgan fingerprint density at radius 2 is 2.09 bits per heavy atom. The predicted octanol–water partition coefficient (Wildman–Crippen LogP) is 3.56. The first-order chi connectivity index (χ1) is 10.7. The molecule has 1 aliphatic rings. The molecule has 2 heterocycles. The SMILES string of the molecule is Cc1ccccc1NC1CCN(C(=O)Nc2nccs2)CC1. The lowest BCUT2D eigenvalue weighted by Gasteiger charge is -2.33. The minimum absolute atomic E-state index is 0.0516. The van der Waals surface area contributed by atoms with Crippen LogP contribution in [0.2, 0.25) is 0 Å². The monoisotopic (exact) mass is 316 g/mol. The second kappa shape index (κ2) is 6.79. The van der Waals surface area contributed by atoms with Gasteiger partial charge in [0.15, 0.2) is 5.13 Å². The lowest BCUT2D eigenvalue weighted by Crippen LogP contribution is -2.44. The molecule has 2 N–H and O–H groups in total. The molecule has 1 aliphatic heterocycles. The lowest BCUT2D eigenvalue weighted by molar-refractivity contribution is 0.197. The number of anilines is 2. The number of para-hydroxylation sites is 1. The molecule has 2 aromatic rings. The summed E-state index contributed by atoms with van der Waals surface area (Å²) in [5, 5.41) is 8.94. The van der Waals surface area contributed by atoms with Crippen LogP contribution in [0.25, 0.3) is 0 Å². The Hall–Kier alpha value is -2.08. The Kier molecular flexibility index (Phi) is 4.58. The summed E-state index contributed by atoms with van der Waals surface area (Å²) < 4.78 is 0. The van der Waals surface area contributed by atoms with Crippen molar-refractivity contribution in [1.82, 2.24) is 9.88 Å². The Morgan fingerprint density at radius 1 is 1.32 bits per heavy atom. The van der Waals surface area contributed by atoms with Crippen LogP contribution in [0.5, 0.6) is 0 Å². The molecule has 3 rings (SSSR count). The van der Waals surface area contributed by atoms with Gasteiger partial charge in [-0.2, -0.15) is 0 Å². The molecule has 0 saturated carbocycles. The summed E-state index contributed by atoms with van der Waals surface area (Å²) in [4.78, 5) is 18.1. The highest BCUT2D eigenvalue weighted by atomic mass is 32.1. The summed E-state index contributed by atoms with van der Waals surface area (Å²) in [7, 11) is 0. The molecule has 1 aromatic carbocycles. The first-order valence-corrected chi connectivity index (χ1v) is 8.38. The van der Waals surface area contributed by atoms with Crippen LogP contribution in [-0.2, 0) is 0 Å². The standard InChI is InChI=1S/C16H20N4OS/c1-12-4-2-3-5-14(12)18-13-6-9-20(10-7-13)16(21)19-15-17-8-11-22-15/h2-5,8,11,13,18H,6-7,9-10H2,1H3,(H,17,19,21). The number of hydrogen-bond donors (Lipinski definition) is 2. The van der Waals surface area contributed by atoms with Crippen LogP contribution < -0.4 is 10.6 Å². The highest BCUT2D eigenvalue weighted by Crippen LogP contribution is 2.20. The van der Waals surface area contributed by atoms with Gasteiger partial charge in [-0.15, -0.1) is 11.3 Å². The molecule has 0 spiro atoms. The maximum atomic E-state index is 12.1. The minimum atomic E-state index is -0.0516. The van der Waals surface area contributed by atoms with Crippen LogP contribution in [0.4, 0.5) is 15.6 Å². The van der Waals surface area contributed by atoms with E-state index in [0.29, 0.717) is 11.2 Å². The molecule has 0 radical (unpaired) electrons. The van der Waals surface area contributed by atoms with Crippen LogP contribution >= 0.6 is 11.3 Å². The number of thiazole rings is 1. The quantitative estimate of drug-likeness (QED) is 0.910. The predicted molar refractivity (Wildman–Crippen MR) is 90.5 cm³/mol. The number of urea groups is 1. The maximum Gasteiger partial charge on any atom is 0.323 e. The van der Waals surface area contributed by atoms with Gasteiger partial charge in [-0.3, -0.25) is 5.32 Å². The van der Waals surface area contributed by atoms with E-state index in [1.807, 2.05) is 22.4 Å². The van der Waals surface area contributed by atoms with Crippen molar-refractivity contribution >= 4 is 28.2 Å². The highest BCUT2D eigenvalue weighted by molar-refractivity contribution is 7.13. The highest BCUT2D eigenvalue weighted by Gasteiger charge is 2.23. The van der Waals surface area contributed by atoms with E-state index < -0.39 is 0 Å². The van der Waals surface area contributed by atoms with E-state index in [2.05, 4.69) is 34.7 Å². The van der Waals surface area contributed by atoms with Gasteiger partial charge in [-0.1, -0.05) is 18.2 Å². The summed E-state index contributed by atoms with van der Waals surface area (Å²) in [5.74, 6) is 0.